The second-order valence-electron chi connectivity index (χ2n) is 12.0. The van der Waals surface area contributed by atoms with Gasteiger partial charge in [-0.1, -0.05) is 75.7 Å². The summed E-state index contributed by atoms with van der Waals surface area (Å²) < 4.78 is 5.50. The molecule has 7 heteroatoms. The number of alkyl carbamates (subject to hydrolysis) is 1. The topological polar surface area (TPSA) is 87.7 Å². The fraction of sp³-hybridized carbons (Fsp3) is 0.531. The Hall–Kier alpha value is -3.35. The van der Waals surface area contributed by atoms with Gasteiger partial charge in [0, 0.05) is 12.6 Å². The van der Waals surface area contributed by atoms with E-state index in [0.717, 1.165) is 28.7 Å². The van der Waals surface area contributed by atoms with E-state index in [2.05, 4.69) is 17.6 Å². The molecule has 0 saturated heterocycles. The maximum Gasteiger partial charge on any atom is 0.408 e. The molecule has 0 bridgehead atoms. The minimum atomic E-state index is -0.831. The van der Waals surface area contributed by atoms with Crippen LogP contribution in [0.25, 0.3) is 0 Å². The lowest BCUT2D eigenvalue weighted by molar-refractivity contribution is -0.144. The predicted molar refractivity (Wildman–Crippen MR) is 154 cm³/mol. The molecule has 212 valence electrons. The Morgan fingerprint density at radius 1 is 1.05 bits per heavy atom. The molecule has 3 rings (SSSR count). The summed E-state index contributed by atoms with van der Waals surface area (Å²) >= 11 is 0. The third kappa shape index (κ3) is 8.07. The molecule has 0 heterocycles. The van der Waals surface area contributed by atoms with Crippen LogP contribution in [0.15, 0.2) is 48.5 Å². The van der Waals surface area contributed by atoms with Crippen molar-refractivity contribution in [2.75, 3.05) is 0 Å². The standard InChI is InChI=1S/C32H45N3O4/c1-9-20(2)27(34-31(38)39-32(6,7)8)30(37)35(26-18-23(26)5)28(25-16-15-21(3)22(4)17-25)29(36)33-19-24-13-11-10-12-14-24/h10-17,20,23,26-28H,9,18-19H2,1-8H3,(H,33,36)(H,34,38). The number of amides is 3. The van der Waals surface area contributed by atoms with E-state index in [4.69, 9.17) is 4.74 Å². The van der Waals surface area contributed by atoms with Gasteiger partial charge >= 0.3 is 6.09 Å². The van der Waals surface area contributed by atoms with Crippen LogP contribution in [-0.2, 0) is 20.9 Å². The highest BCUT2D eigenvalue weighted by Gasteiger charge is 2.48. The SMILES string of the molecule is CCC(C)C(NC(=O)OC(C)(C)C)C(=O)N(C(C(=O)NCc1ccccc1)c1ccc(C)c(C)c1)C1CC1C. The lowest BCUT2D eigenvalue weighted by Crippen LogP contribution is -2.56. The van der Waals surface area contributed by atoms with E-state index in [1.165, 1.54) is 0 Å². The van der Waals surface area contributed by atoms with Crippen LogP contribution < -0.4 is 10.6 Å². The van der Waals surface area contributed by atoms with Crippen LogP contribution in [0.5, 0.6) is 0 Å². The molecule has 5 atom stereocenters. The third-order valence-corrected chi connectivity index (χ3v) is 7.51. The van der Waals surface area contributed by atoms with Gasteiger partial charge in [0.05, 0.1) is 0 Å². The molecule has 7 nitrogen and oxygen atoms in total. The van der Waals surface area contributed by atoms with Crippen molar-refractivity contribution < 1.29 is 19.1 Å². The van der Waals surface area contributed by atoms with Gasteiger partial charge in [0.25, 0.3) is 0 Å². The Labute approximate surface area is 233 Å². The Bertz CT molecular complexity index is 1160. The number of aryl methyl sites for hydroxylation is 2. The molecule has 2 N–H and O–H groups in total. The minimum absolute atomic E-state index is 0.0985. The van der Waals surface area contributed by atoms with Crippen LogP contribution in [0.2, 0.25) is 0 Å². The van der Waals surface area contributed by atoms with E-state index in [1.54, 1.807) is 25.7 Å². The first kappa shape index (κ1) is 30.2. The smallest absolute Gasteiger partial charge is 0.408 e. The number of benzene rings is 2. The maximum atomic E-state index is 14.4. The quantitative estimate of drug-likeness (QED) is 0.400. The van der Waals surface area contributed by atoms with E-state index < -0.39 is 23.8 Å². The number of nitrogens with one attached hydrogen (secondary N) is 2. The van der Waals surface area contributed by atoms with Crippen molar-refractivity contribution >= 4 is 17.9 Å². The van der Waals surface area contributed by atoms with Crippen molar-refractivity contribution in [2.24, 2.45) is 11.8 Å². The van der Waals surface area contributed by atoms with Crippen molar-refractivity contribution in [1.82, 2.24) is 15.5 Å². The molecule has 39 heavy (non-hydrogen) atoms. The van der Waals surface area contributed by atoms with Gasteiger partial charge in [-0.3, -0.25) is 9.59 Å². The number of carbonyl (C=O) groups excluding carboxylic acids is 3. The molecule has 0 spiro atoms. The molecule has 0 radical (unpaired) electrons. The van der Waals surface area contributed by atoms with E-state index in [9.17, 15) is 14.4 Å². The van der Waals surface area contributed by atoms with Crippen molar-refractivity contribution in [3.05, 3.63) is 70.8 Å². The van der Waals surface area contributed by atoms with Crippen molar-refractivity contribution in [3.8, 4) is 0 Å². The number of carbonyl (C=O) groups is 3. The number of rotatable bonds is 10. The number of nitrogens with zero attached hydrogens (tertiary/aromatic N) is 1. The number of hydrogen-bond donors (Lipinski definition) is 2. The fourth-order valence-corrected chi connectivity index (χ4v) is 4.71. The lowest BCUT2D eigenvalue weighted by Gasteiger charge is -2.36. The summed E-state index contributed by atoms with van der Waals surface area (Å²) in [6, 6.07) is 13.9. The van der Waals surface area contributed by atoms with Gasteiger partial charge in [0.1, 0.15) is 17.7 Å². The van der Waals surface area contributed by atoms with Crippen LogP contribution in [0.3, 0.4) is 0 Å². The van der Waals surface area contributed by atoms with Gasteiger partial charge in [-0.25, -0.2) is 4.79 Å². The van der Waals surface area contributed by atoms with Crippen LogP contribution in [-0.4, -0.2) is 40.5 Å². The molecule has 0 aromatic heterocycles. The average Bonchev–Trinajstić information content (AvgIpc) is 3.60. The molecule has 2 aromatic rings. The van der Waals surface area contributed by atoms with E-state index in [0.29, 0.717) is 13.0 Å². The highest BCUT2D eigenvalue weighted by Crippen LogP contribution is 2.41. The third-order valence-electron chi connectivity index (χ3n) is 7.51. The van der Waals surface area contributed by atoms with Gasteiger partial charge in [-0.15, -0.1) is 0 Å². The highest BCUT2D eigenvalue weighted by molar-refractivity contribution is 5.92. The molecule has 2 aromatic carbocycles. The Kier molecular flexibility index (Phi) is 9.81. The zero-order valence-corrected chi connectivity index (χ0v) is 24.7. The molecular weight excluding hydrogens is 490 g/mol. The number of hydrogen-bond acceptors (Lipinski definition) is 4. The minimum Gasteiger partial charge on any atom is -0.444 e. The van der Waals surface area contributed by atoms with Crippen LogP contribution in [0.4, 0.5) is 4.79 Å². The molecule has 1 aliphatic rings. The molecule has 3 amide bonds. The number of ether oxygens (including phenoxy) is 1. The predicted octanol–water partition coefficient (Wildman–Crippen LogP) is 5.84. The summed E-state index contributed by atoms with van der Waals surface area (Å²) in [5, 5.41) is 5.92. The van der Waals surface area contributed by atoms with Crippen LogP contribution in [0, 0.1) is 25.7 Å². The molecule has 1 fully saturated rings. The van der Waals surface area contributed by atoms with Gasteiger partial charge in [-0.05, 0) is 75.1 Å². The summed E-state index contributed by atoms with van der Waals surface area (Å²) in [5.41, 5.74) is 3.21. The summed E-state index contributed by atoms with van der Waals surface area (Å²) in [6.45, 7) is 15.8. The summed E-state index contributed by atoms with van der Waals surface area (Å²) in [7, 11) is 0. The van der Waals surface area contributed by atoms with Crippen molar-refractivity contribution in [2.45, 2.75) is 98.5 Å². The Morgan fingerprint density at radius 3 is 2.23 bits per heavy atom. The van der Waals surface area contributed by atoms with Gasteiger partial charge in [0.15, 0.2) is 0 Å². The van der Waals surface area contributed by atoms with Crippen LogP contribution in [0.1, 0.15) is 82.7 Å². The first-order valence-electron chi connectivity index (χ1n) is 14.0. The zero-order chi connectivity index (χ0) is 28.9. The Morgan fingerprint density at radius 2 is 1.69 bits per heavy atom. The van der Waals surface area contributed by atoms with Crippen LogP contribution >= 0.6 is 0 Å². The summed E-state index contributed by atoms with van der Waals surface area (Å²) in [6.07, 6.45) is 0.842. The molecule has 0 aliphatic heterocycles. The monoisotopic (exact) mass is 535 g/mol. The maximum absolute atomic E-state index is 14.4. The highest BCUT2D eigenvalue weighted by atomic mass is 16.6. The molecule has 5 unspecified atom stereocenters. The summed E-state index contributed by atoms with van der Waals surface area (Å²) in [5.74, 6) is -0.407. The molecule has 1 saturated carbocycles. The van der Waals surface area contributed by atoms with Gasteiger partial charge in [-0.2, -0.15) is 0 Å². The van der Waals surface area contributed by atoms with Gasteiger partial charge in [0.2, 0.25) is 11.8 Å². The fourth-order valence-electron chi connectivity index (χ4n) is 4.71. The van der Waals surface area contributed by atoms with Crippen molar-refractivity contribution in [3.63, 3.8) is 0 Å². The molecule has 1 aliphatic carbocycles. The second-order valence-corrected chi connectivity index (χ2v) is 12.0. The first-order valence-corrected chi connectivity index (χ1v) is 14.0. The molecular formula is C32H45N3O4. The van der Waals surface area contributed by atoms with E-state index >= 15 is 0 Å². The van der Waals surface area contributed by atoms with Gasteiger partial charge < -0.3 is 20.3 Å². The second kappa shape index (κ2) is 12.7. The Balaban J connectivity index is 2.01. The largest absolute Gasteiger partial charge is 0.444 e. The summed E-state index contributed by atoms with van der Waals surface area (Å²) in [4.78, 5) is 42.9. The normalized spacial score (nSPS) is 18.9. The van der Waals surface area contributed by atoms with Crippen molar-refractivity contribution in [1.29, 1.82) is 0 Å². The van der Waals surface area contributed by atoms with E-state index in [1.807, 2.05) is 76.2 Å². The van der Waals surface area contributed by atoms with E-state index in [-0.39, 0.29) is 29.7 Å². The first-order chi connectivity index (χ1) is 18.3. The lowest BCUT2D eigenvalue weighted by atomic mass is 9.94. The average molecular weight is 536 g/mol. The zero-order valence-electron chi connectivity index (χ0n) is 24.7.